The molecular formula is C22H36N4O. The Morgan fingerprint density at radius 3 is 2.44 bits per heavy atom. The quantitative estimate of drug-likeness (QED) is 0.842. The van der Waals surface area contributed by atoms with E-state index in [9.17, 15) is 5.11 Å². The van der Waals surface area contributed by atoms with Crippen molar-refractivity contribution in [2.24, 2.45) is 5.92 Å². The summed E-state index contributed by atoms with van der Waals surface area (Å²) in [7, 11) is 0. The highest BCUT2D eigenvalue weighted by atomic mass is 16.3. The number of aromatic nitrogens is 2. The molecule has 3 aliphatic rings. The minimum atomic E-state index is 0.313. The fraction of sp³-hybridized carbons (Fsp3) is 0.818. The van der Waals surface area contributed by atoms with E-state index in [-0.39, 0.29) is 0 Å². The molecule has 0 aromatic carbocycles. The van der Waals surface area contributed by atoms with E-state index in [1.807, 2.05) is 0 Å². The average Bonchev–Trinajstić information content (AvgIpc) is 2.70. The number of aliphatic hydroxyl groups excluding tert-OH is 1. The Morgan fingerprint density at radius 2 is 1.70 bits per heavy atom. The molecule has 1 aliphatic heterocycles. The summed E-state index contributed by atoms with van der Waals surface area (Å²) in [6.07, 6.45) is 17.3. The maximum atomic E-state index is 9.35. The molecule has 1 atom stereocenters. The molecule has 2 N–H and O–H groups in total. The predicted octanol–water partition coefficient (Wildman–Crippen LogP) is 3.77. The molecule has 1 aromatic rings. The van der Waals surface area contributed by atoms with Crippen molar-refractivity contribution in [1.29, 1.82) is 0 Å². The van der Waals surface area contributed by atoms with Gasteiger partial charge in [-0.1, -0.05) is 32.1 Å². The predicted molar refractivity (Wildman–Crippen MR) is 109 cm³/mol. The number of hydrogen-bond acceptors (Lipinski definition) is 5. The number of aliphatic hydroxyl groups is 1. The lowest BCUT2D eigenvalue weighted by molar-refractivity contribution is 0.202. The van der Waals surface area contributed by atoms with E-state index >= 15 is 0 Å². The molecule has 2 fully saturated rings. The third kappa shape index (κ3) is 4.80. The Hall–Kier alpha value is -1.20. The number of fused-ring (bicyclic) bond motifs is 1. The van der Waals surface area contributed by atoms with Crippen molar-refractivity contribution in [2.45, 2.75) is 89.1 Å². The van der Waals surface area contributed by atoms with E-state index in [4.69, 9.17) is 9.97 Å². The van der Waals surface area contributed by atoms with Gasteiger partial charge in [0.25, 0.3) is 0 Å². The van der Waals surface area contributed by atoms with Gasteiger partial charge in [0, 0.05) is 43.5 Å². The number of piperidine rings is 1. The lowest BCUT2D eigenvalue weighted by Gasteiger charge is -2.33. The zero-order chi connectivity index (χ0) is 18.5. The molecule has 0 unspecified atom stereocenters. The third-order valence-corrected chi connectivity index (χ3v) is 6.87. The van der Waals surface area contributed by atoms with E-state index in [0.717, 1.165) is 38.3 Å². The number of nitrogens with zero attached hydrogens (tertiary/aromatic N) is 3. The fourth-order valence-corrected chi connectivity index (χ4v) is 5.08. The highest BCUT2D eigenvalue weighted by molar-refractivity contribution is 5.36. The van der Waals surface area contributed by atoms with Crippen molar-refractivity contribution >= 4 is 5.95 Å². The molecule has 0 amide bonds. The highest BCUT2D eigenvalue weighted by Crippen LogP contribution is 2.31. The molecule has 27 heavy (non-hydrogen) atoms. The Morgan fingerprint density at radius 1 is 0.963 bits per heavy atom. The largest absolute Gasteiger partial charge is 0.396 e. The number of nitrogens with one attached hydrogen (secondary N) is 1. The normalized spacial score (nSPS) is 25.7. The summed E-state index contributed by atoms with van der Waals surface area (Å²) in [4.78, 5) is 12.0. The van der Waals surface area contributed by atoms with Crippen LogP contribution in [0.5, 0.6) is 0 Å². The number of anilines is 1. The van der Waals surface area contributed by atoms with Crippen LogP contribution in [0.1, 0.15) is 87.9 Å². The Kier molecular flexibility index (Phi) is 6.61. The minimum absolute atomic E-state index is 0.313. The minimum Gasteiger partial charge on any atom is -0.396 e. The molecule has 4 rings (SSSR count). The fourth-order valence-electron chi connectivity index (χ4n) is 5.08. The summed E-state index contributed by atoms with van der Waals surface area (Å²) in [5, 5.41) is 13.3. The van der Waals surface area contributed by atoms with E-state index in [2.05, 4.69) is 16.4 Å². The lowest BCUT2D eigenvalue weighted by atomic mass is 9.90. The zero-order valence-corrected chi connectivity index (χ0v) is 16.7. The number of aryl methyl sites for hydroxylation is 1. The molecule has 5 nitrogen and oxygen atoms in total. The van der Waals surface area contributed by atoms with Crippen LogP contribution in [0.3, 0.4) is 0 Å². The second kappa shape index (κ2) is 9.33. The molecule has 0 bridgehead atoms. The second-order valence-electron chi connectivity index (χ2n) is 8.84. The first-order valence-corrected chi connectivity index (χ1v) is 11.3. The summed E-state index contributed by atoms with van der Waals surface area (Å²) >= 11 is 0. The van der Waals surface area contributed by atoms with Crippen LogP contribution < -0.4 is 10.2 Å². The van der Waals surface area contributed by atoms with Crippen LogP contribution in [-0.2, 0) is 6.42 Å². The molecule has 1 saturated carbocycles. The molecule has 5 heteroatoms. The van der Waals surface area contributed by atoms with Gasteiger partial charge >= 0.3 is 0 Å². The van der Waals surface area contributed by atoms with E-state index in [0.29, 0.717) is 24.6 Å². The van der Waals surface area contributed by atoms with E-state index < -0.39 is 0 Å². The monoisotopic (exact) mass is 372 g/mol. The van der Waals surface area contributed by atoms with Crippen LogP contribution in [-0.4, -0.2) is 40.8 Å². The van der Waals surface area contributed by atoms with Crippen LogP contribution >= 0.6 is 0 Å². The smallest absolute Gasteiger partial charge is 0.225 e. The first-order chi connectivity index (χ1) is 13.3. The lowest BCUT2D eigenvalue weighted by Crippen LogP contribution is -2.37. The van der Waals surface area contributed by atoms with Gasteiger partial charge in [-0.2, -0.15) is 0 Å². The standard InChI is InChI=1S/C22H36N4O/c27-16-17-11-13-26(14-12-17)22-23-15-19-20(9-6-10-21(19)25-22)24-18-7-4-2-1-3-5-8-18/h15,17-18,20,24,27H,1-14,16H2/t20-/m1/s1. The molecule has 2 heterocycles. The summed E-state index contributed by atoms with van der Waals surface area (Å²) < 4.78 is 0. The van der Waals surface area contributed by atoms with Crippen molar-refractivity contribution in [1.82, 2.24) is 15.3 Å². The zero-order valence-electron chi connectivity index (χ0n) is 16.7. The van der Waals surface area contributed by atoms with E-state index in [1.165, 1.54) is 69.0 Å². The first kappa shape index (κ1) is 19.1. The third-order valence-electron chi connectivity index (χ3n) is 6.87. The number of hydrogen-bond donors (Lipinski definition) is 2. The van der Waals surface area contributed by atoms with E-state index in [1.54, 1.807) is 0 Å². The van der Waals surface area contributed by atoms with Gasteiger partial charge < -0.3 is 15.3 Å². The van der Waals surface area contributed by atoms with Gasteiger partial charge in [-0.05, 0) is 50.9 Å². The SMILES string of the molecule is OCC1CCN(c2ncc3c(n2)CCC[C@H]3NC2CCCCCCC2)CC1. The van der Waals surface area contributed by atoms with Crippen molar-refractivity contribution in [3.63, 3.8) is 0 Å². The topological polar surface area (TPSA) is 61.3 Å². The molecular weight excluding hydrogens is 336 g/mol. The first-order valence-electron chi connectivity index (χ1n) is 11.3. The van der Waals surface area contributed by atoms with Crippen LogP contribution in [0.4, 0.5) is 5.95 Å². The Bertz CT molecular complexity index is 592. The molecule has 150 valence electrons. The van der Waals surface area contributed by atoms with Crippen molar-refractivity contribution < 1.29 is 5.11 Å². The Labute approximate surface area is 164 Å². The molecule has 2 aliphatic carbocycles. The molecule has 1 aromatic heterocycles. The summed E-state index contributed by atoms with van der Waals surface area (Å²) in [5.74, 6) is 1.35. The summed E-state index contributed by atoms with van der Waals surface area (Å²) in [6.45, 7) is 2.24. The maximum absolute atomic E-state index is 9.35. The molecule has 1 saturated heterocycles. The van der Waals surface area contributed by atoms with Gasteiger partial charge in [-0.15, -0.1) is 0 Å². The maximum Gasteiger partial charge on any atom is 0.225 e. The second-order valence-corrected chi connectivity index (χ2v) is 8.84. The van der Waals surface area contributed by atoms with Crippen LogP contribution in [0.15, 0.2) is 6.20 Å². The van der Waals surface area contributed by atoms with Gasteiger partial charge in [-0.3, -0.25) is 0 Å². The molecule has 0 spiro atoms. The van der Waals surface area contributed by atoms with Crippen molar-refractivity contribution in [3.8, 4) is 0 Å². The van der Waals surface area contributed by atoms with Gasteiger partial charge in [0.15, 0.2) is 0 Å². The molecule has 0 radical (unpaired) electrons. The van der Waals surface area contributed by atoms with Gasteiger partial charge in [0.1, 0.15) is 0 Å². The number of rotatable bonds is 4. The summed E-state index contributed by atoms with van der Waals surface area (Å²) in [6, 6.07) is 1.10. The average molecular weight is 373 g/mol. The van der Waals surface area contributed by atoms with Gasteiger partial charge in [-0.25, -0.2) is 9.97 Å². The highest BCUT2D eigenvalue weighted by Gasteiger charge is 2.26. The van der Waals surface area contributed by atoms with Crippen LogP contribution in [0, 0.1) is 5.92 Å². The van der Waals surface area contributed by atoms with Gasteiger partial charge in [0.05, 0.1) is 5.69 Å². The van der Waals surface area contributed by atoms with Crippen LogP contribution in [0.2, 0.25) is 0 Å². The summed E-state index contributed by atoms with van der Waals surface area (Å²) in [5.41, 5.74) is 2.61. The van der Waals surface area contributed by atoms with Crippen LogP contribution in [0.25, 0.3) is 0 Å². The van der Waals surface area contributed by atoms with Gasteiger partial charge in [0.2, 0.25) is 5.95 Å². The van der Waals surface area contributed by atoms with Crippen molar-refractivity contribution in [2.75, 3.05) is 24.6 Å². The Balaban J connectivity index is 1.42. The van der Waals surface area contributed by atoms with Crippen molar-refractivity contribution in [3.05, 3.63) is 17.5 Å².